The van der Waals surface area contributed by atoms with Crippen LogP contribution in [0.15, 0.2) is 73.6 Å². The zero-order valence-electron chi connectivity index (χ0n) is 34.3. The minimum absolute atomic E-state index is 0.105. The molecule has 0 amide bonds. The molecule has 8 rings (SSSR count). The maximum Gasteiger partial charge on any atom is 0.392 e. The predicted octanol–water partition coefficient (Wildman–Crippen LogP) is 2.13. The van der Waals surface area contributed by atoms with Gasteiger partial charge >= 0.3 is 5.95 Å². The van der Waals surface area contributed by atoms with E-state index in [1.165, 1.54) is 6.33 Å². The van der Waals surface area contributed by atoms with E-state index in [1.807, 2.05) is 60.9 Å². The number of nitrogens with zero attached hydrogens (tertiary/aromatic N) is 11. The molecule has 63 heavy (non-hydrogen) atoms. The molecule has 0 fully saturated rings. The van der Waals surface area contributed by atoms with Gasteiger partial charge in [-0.3, -0.25) is 5.73 Å². The second kappa shape index (κ2) is 21.6. The average Bonchev–Trinajstić information content (AvgIpc) is 4.14. The van der Waals surface area contributed by atoms with E-state index in [4.69, 9.17) is 44.6 Å². The van der Waals surface area contributed by atoms with Gasteiger partial charge in [0.25, 0.3) is 11.5 Å². The van der Waals surface area contributed by atoms with Crippen LogP contribution in [0.5, 0.6) is 11.8 Å². The van der Waals surface area contributed by atoms with Crippen LogP contribution < -0.4 is 25.9 Å². The molecule has 7 N–H and O–H groups in total. The maximum absolute atomic E-state index is 5.91. The zero-order chi connectivity index (χ0) is 43.1. The van der Waals surface area contributed by atoms with Crippen LogP contribution in [-0.4, -0.2) is 105 Å². The number of H-pyrrole nitrogens is 3. The Balaban J connectivity index is 0.608. The molecule has 6 aromatic heterocycles. The van der Waals surface area contributed by atoms with Gasteiger partial charge < -0.3 is 48.9 Å². The van der Waals surface area contributed by atoms with Crippen molar-refractivity contribution in [3.8, 4) is 11.8 Å². The number of imidazole rings is 2. The van der Waals surface area contributed by atoms with E-state index in [1.54, 1.807) is 15.7 Å². The molecule has 0 saturated heterocycles. The minimum Gasteiger partial charge on any atom is -0.471 e. The van der Waals surface area contributed by atoms with E-state index in [0.29, 0.717) is 126 Å². The van der Waals surface area contributed by atoms with Crippen LogP contribution >= 0.6 is 0 Å². The molecule has 0 saturated carbocycles. The molecule has 23 nitrogen and oxygen atoms in total. The number of anilines is 2. The van der Waals surface area contributed by atoms with E-state index in [2.05, 4.69) is 60.5 Å². The van der Waals surface area contributed by atoms with Gasteiger partial charge in [0, 0.05) is 0 Å². The van der Waals surface area contributed by atoms with Crippen molar-refractivity contribution in [2.24, 2.45) is 0 Å². The second-order valence-corrected chi connectivity index (χ2v) is 14.0. The Morgan fingerprint density at radius 1 is 0.524 bits per heavy atom. The van der Waals surface area contributed by atoms with Crippen molar-refractivity contribution in [1.29, 1.82) is 0 Å². The highest BCUT2D eigenvalue weighted by atomic mass is 16.5. The van der Waals surface area contributed by atoms with Crippen molar-refractivity contribution < 1.29 is 38.1 Å². The third-order valence-electron chi connectivity index (χ3n) is 9.27. The molecule has 0 atom stereocenters. The first-order valence-corrected chi connectivity index (χ1v) is 20.1. The number of nitrogens with one attached hydrogen (secondary N) is 3. The maximum atomic E-state index is 5.91. The number of nitrogens with two attached hydrogens (primary N) is 2. The molecule has 0 aliphatic rings. The van der Waals surface area contributed by atoms with Crippen LogP contribution in [0.1, 0.15) is 33.6 Å². The van der Waals surface area contributed by atoms with Gasteiger partial charge in [-0.1, -0.05) is 59.0 Å². The third-order valence-corrected chi connectivity index (χ3v) is 9.27. The topological polar surface area (TPSA) is 288 Å². The fourth-order valence-electron chi connectivity index (χ4n) is 6.10. The summed E-state index contributed by atoms with van der Waals surface area (Å²) >= 11 is 0. The molecule has 0 spiro atoms. The van der Waals surface area contributed by atoms with Gasteiger partial charge in [0.2, 0.25) is 11.8 Å². The fraction of sp³-hybridized carbons (Fsp3) is 0.350. The number of hydrogen-bond donors (Lipinski definition) is 4. The van der Waals surface area contributed by atoms with Crippen LogP contribution in [0.4, 0.5) is 11.9 Å². The van der Waals surface area contributed by atoms with Crippen molar-refractivity contribution >= 4 is 34.2 Å². The number of ether oxygens (including phenoxy) is 7. The number of benzene rings is 2. The van der Waals surface area contributed by atoms with Gasteiger partial charge in [-0.15, -0.1) is 10.2 Å². The predicted molar refractivity (Wildman–Crippen MR) is 222 cm³/mol. The summed E-state index contributed by atoms with van der Waals surface area (Å²) in [6.07, 6.45) is 6.77. The number of rotatable bonds is 26. The molecule has 23 heteroatoms. The van der Waals surface area contributed by atoms with E-state index >= 15 is 0 Å². The SMILES string of the molecule is Nc1nc(OCc2ccc(COCc3cn(CCOCCOCCOCCn4cc(COCc5ccc(COc6[nH+]c(N)nc7nc[nH]c67)cc5)nn4)nn3)cc2)c2[nH]cnc2n1. The summed E-state index contributed by atoms with van der Waals surface area (Å²) < 4.78 is 43.9. The van der Waals surface area contributed by atoms with Gasteiger partial charge in [0.15, 0.2) is 11.2 Å². The monoisotopic (exact) mass is 863 g/mol. The van der Waals surface area contributed by atoms with Crippen molar-refractivity contribution in [2.45, 2.75) is 52.7 Å². The Labute approximate surface area is 359 Å². The normalized spacial score (nSPS) is 11.6. The van der Waals surface area contributed by atoms with Gasteiger partial charge in [-0.05, 0) is 27.2 Å². The van der Waals surface area contributed by atoms with Gasteiger partial charge in [-0.2, -0.15) is 9.97 Å². The standard InChI is InChI=1S/C40H46N16O7/c41-39-47-35-33(43-25-45-35)37(49-39)62-21-29-5-1-27(2-6-29)19-60-23-31-17-55(53-51-31)9-11-57-13-15-59-16-14-58-12-10-56-18-32(52-54-56)24-61-20-28-3-7-30(8-4-28)22-63-38-34-36(46-26-44-34)48-40(42)50-38/h1-8,17-18,25-26H,9-16,19-24H2,(H3,41,43,45,47,49)(H3,42,44,46,48,50)/p+1. The Bertz CT molecular complexity index is 2450. The number of hydrogen-bond acceptors (Lipinski definition) is 18. The second-order valence-electron chi connectivity index (χ2n) is 14.0. The third kappa shape index (κ3) is 12.5. The Kier molecular flexibility index (Phi) is 14.5. The van der Waals surface area contributed by atoms with Crippen molar-refractivity contribution in [1.82, 2.24) is 64.9 Å². The highest BCUT2D eigenvalue weighted by molar-refractivity contribution is 5.76. The zero-order valence-corrected chi connectivity index (χ0v) is 34.3. The lowest BCUT2D eigenvalue weighted by Crippen LogP contribution is -2.17. The highest BCUT2D eigenvalue weighted by Crippen LogP contribution is 2.21. The summed E-state index contributed by atoms with van der Waals surface area (Å²) in [5.74, 6) is 1.17. The van der Waals surface area contributed by atoms with E-state index in [0.717, 1.165) is 33.6 Å². The molecule has 2 aromatic carbocycles. The summed E-state index contributed by atoms with van der Waals surface area (Å²) in [4.78, 5) is 29.5. The molecule has 0 aliphatic heterocycles. The fourth-order valence-corrected chi connectivity index (χ4v) is 6.10. The lowest BCUT2D eigenvalue weighted by molar-refractivity contribution is -0.380. The molecule has 0 radical (unpaired) electrons. The van der Waals surface area contributed by atoms with Crippen LogP contribution in [-0.2, 0) is 76.4 Å². The molecule has 328 valence electrons. The first-order chi connectivity index (χ1) is 31.0. The highest BCUT2D eigenvalue weighted by Gasteiger charge is 2.15. The number of nitrogen functional groups attached to an aromatic ring is 2. The van der Waals surface area contributed by atoms with Gasteiger partial charge in [0.05, 0.1) is 104 Å². The van der Waals surface area contributed by atoms with Crippen LogP contribution in [0.25, 0.3) is 22.3 Å². The number of fused-ring (bicyclic) bond motifs is 2. The smallest absolute Gasteiger partial charge is 0.392 e. The van der Waals surface area contributed by atoms with Gasteiger partial charge in [0.1, 0.15) is 30.1 Å². The molecular weight excluding hydrogens is 817 g/mol. The molecular formula is C40H47N16O7+. The summed E-state index contributed by atoms with van der Waals surface area (Å²) in [7, 11) is 0. The Morgan fingerprint density at radius 2 is 1.02 bits per heavy atom. The van der Waals surface area contributed by atoms with Crippen molar-refractivity contribution in [3.63, 3.8) is 0 Å². The van der Waals surface area contributed by atoms with E-state index in [9.17, 15) is 0 Å². The van der Waals surface area contributed by atoms with E-state index in [-0.39, 0.29) is 11.9 Å². The molecule has 0 bridgehead atoms. The number of aromatic amines is 3. The lowest BCUT2D eigenvalue weighted by Gasteiger charge is -2.08. The molecule has 0 aliphatic carbocycles. The first-order valence-electron chi connectivity index (χ1n) is 20.1. The largest absolute Gasteiger partial charge is 0.471 e. The minimum atomic E-state index is 0.105. The summed E-state index contributed by atoms with van der Waals surface area (Å²) in [6, 6.07) is 15.9. The first kappa shape index (κ1) is 42.5. The Hall–Kier alpha value is -7.18. The summed E-state index contributed by atoms with van der Waals surface area (Å²) in [5, 5.41) is 16.7. The molecule has 8 aromatic rings. The van der Waals surface area contributed by atoms with Crippen LogP contribution in [0.2, 0.25) is 0 Å². The van der Waals surface area contributed by atoms with Crippen molar-refractivity contribution in [3.05, 3.63) is 107 Å². The summed E-state index contributed by atoms with van der Waals surface area (Å²) in [6.45, 7) is 6.12. The van der Waals surface area contributed by atoms with Crippen LogP contribution in [0, 0.1) is 0 Å². The Morgan fingerprint density at radius 3 is 1.59 bits per heavy atom. The van der Waals surface area contributed by atoms with Crippen LogP contribution in [0.3, 0.4) is 0 Å². The summed E-state index contributed by atoms with van der Waals surface area (Å²) in [5.41, 5.74) is 19.3. The average molecular weight is 864 g/mol. The number of aromatic nitrogens is 14. The van der Waals surface area contributed by atoms with Crippen molar-refractivity contribution in [2.75, 3.05) is 51.1 Å². The molecule has 0 unspecified atom stereocenters. The van der Waals surface area contributed by atoms with E-state index < -0.39 is 0 Å². The molecule has 6 heterocycles. The lowest BCUT2D eigenvalue weighted by atomic mass is 10.1. The van der Waals surface area contributed by atoms with Gasteiger partial charge in [-0.25, -0.2) is 24.3 Å². The quantitative estimate of drug-likeness (QED) is 0.0567.